The standard InChI is InChI=1S/C18H22N2/c1-13-5-4-6-14(9-13)10-17(20-19)12-16-11-15-7-2-3-8-18(15)16/h2-9,16-17,20H,10-12,19H2,1H3. The van der Waals surface area contributed by atoms with Crippen molar-refractivity contribution in [3.63, 3.8) is 0 Å². The van der Waals surface area contributed by atoms with E-state index in [2.05, 4.69) is 60.9 Å². The summed E-state index contributed by atoms with van der Waals surface area (Å²) in [7, 11) is 0. The average molecular weight is 266 g/mol. The first-order valence-electron chi connectivity index (χ1n) is 7.35. The van der Waals surface area contributed by atoms with Crippen molar-refractivity contribution in [2.45, 2.75) is 38.1 Å². The van der Waals surface area contributed by atoms with E-state index in [1.807, 2.05) is 0 Å². The lowest BCUT2D eigenvalue weighted by Crippen LogP contribution is -2.39. The number of fused-ring (bicyclic) bond motifs is 1. The highest BCUT2D eigenvalue weighted by atomic mass is 15.2. The molecule has 0 radical (unpaired) electrons. The number of benzene rings is 2. The van der Waals surface area contributed by atoms with E-state index in [1.54, 1.807) is 0 Å². The van der Waals surface area contributed by atoms with Crippen molar-refractivity contribution < 1.29 is 0 Å². The van der Waals surface area contributed by atoms with Gasteiger partial charge in [-0.25, -0.2) is 0 Å². The van der Waals surface area contributed by atoms with Gasteiger partial charge in [0.1, 0.15) is 0 Å². The molecule has 0 saturated heterocycles. The minimum Gasteiger partial charge on any atom is -0.271 e. The van der Waals surface area contributed by atoms with Crippen LogP contribution in [0.4, 0.5) is 0 Å². The molecule has 0 bridgehead atoms. The van der Waals surface area contributed by atoms with Crippen LogP contribution in [0, 0.1) is 6.92 Å². The molecule has 104 valence electrons. The van der Waals surface area contributed by atoms with Crippen LogP contribution in [0.25, 0.3) is 0 Å². The van der Waals surface area contributed by atoms with Gasteiger partial charge in [0, 0.05) is 6.04 Å². The lowest BCUT2D eigenvalue weighted by Gasteiger charge is -2.33. The first-order chi connectivity index (χ1) is 9.76. The third-order valence-electron chi connectivity index (χ3n) is 4.33. The third kappa shape index (κ3) is 2.77. The first kappa shape index (κ1) is 13.3. The van der Waals surface area contributed by atoms with Crippen LogP contribution in [0.2, 0.25) is 0 Å². The van der Waals surface area contributed by atoms with Crippen LogP contribution in [-0.4, -0.2) is 6.04 Å². The Labute approximate surface area is 121 Å². The second-order valence-corrected chi connectivity index (χ2v) is 5.89. The summed E-state index contributed by atoms with van der Waals surface area (Å²) < 4.78 is 0. The molecule has 0 aliphatic heterocycles. The van der Waals surface area contributed by atoms with E-state index in [0.29, 0.717) is 12.0 Å². The fraction of sp³-hybridized carbons (Fsp3) is 0.333. The van der Waals surface area contributed by atoms with Crippen molar-refractivity contribution in [1.29, 1.82) is 0 Å². The van der Waals surface area contributed by atoms with Crippen molar-refractivity contribution in [3.05, 3.63) is 70.8 Å². The van der Waals surface area contributed by atoms with E-state index < -0.39 is 0 Å². The maximum atomic E-state index is 5.76. The monoisotopic (exact) mass is 266 g/mol. The van der Waals surface area contributed by atoms with Crippen LogP contribution >= 0.6 is 0 Å². The van der Waals surface area contributed by atoms with E-state index in [4.69, 9.17) is 5.84 Å². The molecule has 1 aliphatic carbocycles. The van der Waals surface area contributed by atoms with Gasteiger partial charge in [-0.1, -0.05) is 54.1 Å². The molecule has 2 nitrogen and oxygen atoms in total. The zero-order valence-corrected chi connectivity index (χ0v) is 12.0. The smallest absolute Gasteiger partial charge is 0.0256 e. The molecule has 0 saturated carbocycles. The zero-order valence-electron chi connectivity index (χ0n) is 12.0. The predicted octanol–water partition coefficient (Wildman–Crippen LogP) is 3.10. The van der Waals surface area contributed by atoms with Gasteiger partial charge in [0.15, 0.2) is 0 Å². The van der Waals surface area contributed by atoms with E-state index in [0.717, 1.165) is 12.8 Å². The van der Waals surface area contributed by atoms with Gasteiger partial charge in [-0.2, -0.15) is 0 Å². The van der Waals surface area contributed by atoms with Crippen LogP contribution < -0.4 is 11.3 Å². The maximum absolute atomic E-state index is 5.76. The molecule has 0 fully saturated rings. The molecule has 0 amide bonds. The van der Waals surface area contributed by atoms with Gasteiger partial charge in [-0.05, 0) is 48.8 Å². The number of rotatable bonds is 5. The van der Waals surface area contributed by atoms with E-state index >= 15 is 0 Å². The molecule has 0 spiro atoms. The second-order valence-electron chi connectivity index (χ2n) is 5.89. The summed E-state index contributed by atoms with van der Waals surface area (Å²) in [6.45, 7) is 2.14. The lowest BCUT2D eigenvalue weighted by atomic mass is 9.74. The molecule has 2 atom stereocenters. The Hall–Kier alpha value is -1.64. The predicted molar refractivity (Wildman–Crippen MR) is 83.5 cm³/mol. The number of hydrazine groups is 1. The maximum Gasteiger partial charge on any atom is 0.0256 e. The molecule has 3 rings (SSSR count). The number of hydrogen-bond donors (Lipinski definition) is 2. The summed E-state index contributed by atoms with van der Waals surface area (Å²) in [6.07, 6.45) is 3.31. The molecule has 2 heteroatoms. The van der Waals surface area contributed by atoms with Gasteiger partial charge in [0.25, 0.3) is 0 Å². The largest absolute Gasteiger partial charge is 0.271 e. The summed E-state index contributed by atoms with van der Waals surface area (Å²) in [6, 6.07) is 17.8. The molecular weight excluding hydrogens is 244 g/mol. The Bertz CT molecular complexity index is 591. The van der Waals surface area contributed by atoms with Crippen molar-refractivity contribution in [2.24, 2.45) is 5.84 Å². The van der Waals surface area contributed by atoms with Crippen LogP contribution in [0.5, 0.6) is 0 Å². The summed E-state index contributed by atoms with van der Waals surface area (Å²) >= 11 is 0. The van der Waals surface area contributed by atoms with Crippen LogP contribution in [0.1, 0.15) is 34.6 Å². The molecule has 2 aromatic rings. The fourth-order valence-electron chi connectivity index (χ4n) is 3.25. The van der Waals surface area contributed by atoms with Crippen LogP contribution in [-0.2, 0) is 12.8 Å². The van der Waals surface area contributed by atoms with Gasteiger partial charge in [-0.3, -0.25) is 11.3 Å². The summed E-state index contributed by atoms with van der Waals surface area (Å²) in [5.74, 6) is 6.42. The van der Waals surface area contributed by atoms with Crippen LogP contribution in [0.15, 0.2) is 48.5 Å². The molecule has 0 aromatic heterocycles. The third-order valence-corrected chi connectivity index (χ3v) is 4.33. The summed E-state index contributed by atoms with van der Waals surface area (Å²) in [4.78, 5) is 0. The molecule has 2 aromatic carbocycles. The van der Waals surface area contributed by atoms with E-state index in [9.17, 15) is 0 Å². The van der Waals surface area contributed by atoms with Crippen molar-refractivity contribution in [3.8, 4) is 0 Å². The summed E-state index contributed by atoms with van der Waals surface area (Å²) in [5.41, 5.74) is 8.69. The Morgan fingerprint density at radius 2 is 2.05 bits per heavy atom. The van der Waals surface area contributed by atoms with E-state index in [1.165, 1.54) is 28.7 Å². The Balaban J connectivity index is 1.64. The number of nitrogens with two attached hydrogens (primary N) is 1. The average Bonchev–Trinajstić information content (AvgIpc) is 2.43. The molecule has 2 unspecified atom stereocenters. The number of nitrogens with one attached hydrogen (secondary N) is 1. The van der Waals surface area contributed by atoms with Crippen molar-refractivity contribution >= 4 is 0 Å². The number of hydrogen-bond acceptors (Lipinski definition) is 2. The van der Waals surface area contributed by atoms with E-state index in [-0.39, 0.29) is 0 Å². The Morgan fingerprint density at radius 3 is 2.80 bits per heavy atom. The van der Waals surface area contributed by atoms with Crippen LogP contribution in [0.3, 0.4) is 0 Å². The van der Waals surface area contributed by atoms with Gasteiger partial charge in [0.05, 0.1) is 0 Å². The molecule has 1 aliphatic rings. The van der Waals surface area contributed by atoms with Gasteiger partial charge in [0.2, 0.25) is 0 Å². The van der Waals surface area contributed by atoms with Gasteiger partial charge < -0.3 is 0 Å². The minimum absolute atomic E-state index is 0.343. The van der Waals surface area contributed by atoms with Crippen molar-refractivity contribution in [2.75, 3.05) is 0 Å². The second kappa shape index (κ2) is 5.78. The molecule has 3 N–H and O–H groups in total. The van der Waals surface area contributed by atoms with Gasteiger partial charge in [-0.15, -0.1) is 0 Å². The normalized spacial score (nSPS) is 18.2. The lowest BCUT2D eigenvalue weighted by molar-refractivity contribution is 0.421. The van der Waals surface area contributed by atoms with Crippen molar-refractivity contribution in [1.82, 2.24) is 5.43 Å². The van der Waals surface area contributed by atoms with Gasteiger partial charge >= 0.3 is 0 Å². The highest BCUT2D eigenvalue weighted by molar-refractivity contribution is 5.40. The quantitative estimate of drug-likeness (QED) is 0.644. The zero-order chi connectivity index (χ0) is 13.9. The molecule has 20 heavy (non-hydrogen) atoms. The molecular formula is C18H22N2. The minimum atomic E-state index is 0.343. The highest BCUT2D eigenvalue weighted by Crippen LogP contribution is 2.38. The Morgan fingerprint density at radius 1 is 1.20 bits per heavy atom. The highest BCUT2D eigenvalue weighted by Gasteiger charge is 2.27. The Kier molecular flexibility index (Phi) is 3.86. The SMILES string of the molecule is Cc1cccc(CC(CC2Cc3ccccc32)NN)c1. The fourth-order valence-corrected chi connectivity index (χ4v) is 3.25. The first-order valence-corrected chi connectivity index (χ1v) is 7.35. The number of aryl methyl sites for hydroxylation is 1. The summed E-state index contributed by atoms with van der Waals surface area (Å²) in [5, 5.41) is 0. The molecule has 0 heterocycles. The topological polar surface area (TPSA) is 38.0 Å².